The molecule has 3 unspecified atom stereocenters. The lowest BCUT2D eigenvalue weighted by atomic mass is 9.85. The van der Waals surface area contributed by atoms with Crippen molar-refractivity contribution in [1.82, 2.24) is 10.1 Å². The highest BCUT2D eigenvalue weighted by Gasteiger charge is 2.39. The van der Waals surface area contributed by atoms with E-state index in [9.17, 15) is 5.11 Å². The van der Waals surface area contributed by atoms with E-state index in [2.05, 4.69) is 22.4 Å². The first-order valence-corrected chi connectivity index (χ1v) is 12.8. The van der Waals surface area contributed by atoms with Gasteiger partial charge in [0.2, 0.25) is 5.82 Å². The predicted octanol–water partition coefficient (Wildman–Crippen LogP) is 3.68. The maximum atomic E-state index is 11.9. The van der Waals surface area contributed by atoms with Gasteiger partial charge >= 0.3 is 0 Å². The third-order valence-corrected chi connectivity index (χ3v) is 7.43. The number of thiophene rings is 1. The second-order valence-electron chi connectivity index (χ2n) is 8.91. The maximum Gasteiger partial charge on any atom is 0.281 e. The summed E-state index contributed by atoms with van der Waals surface area (Å²) in [5.74, 6) is 2.28. The Balaban J connectivity index is 1.36. The largest absolute Gasteiger partial charge is 0.483 e. The van der Waals surface area contributed by atoms with Gasteiger partial charge in [-0.3, -0.25) is 0 Å². The van der Waals surface area contributed by atoms with Crippen LogP contribution >= 0.6 is 11.3 Å². The first-order chi connectivity index (χ1) is 16.7. The molecule has 1 aliphatic rings. The summed E-state index contributed by atoms with van der Waals surface area (Å²) in [6.07, 6.45) is 2.37. The Morgan fingerprint density at radius 1 is 1.09 bits per heavy atom. The van der Waals surface area contributed by atoms with Gasteiger partial charge in [-0.2, -0.15) is 4.98 Å². The Bertz CT molecular complexity index is 1120. The maximum absolute atomic E-state index is 11.9. The molecule has 34 heavy (non-hydrogen) atoms. The first-order valence-electron chi connectivity index (χ1n) is 11.9. The molecule has 4 aromatic rings. The Morgan fingerprint density at radius 3 is 2.41 bits per heavy atom. The van der Waals surface area contributed by atoms with Gasteiger partial charge in [-0.1, -0.05) is 72.7 Å². The quantitative estimate of drug-likeness (QED) is 0.406. The molecule has 0 amide bonds. The Kier molecular flexibility index (Phi) is 6.76. The van der Waals surface area contributed by atoms with Gasteiger partial charge in [0, 0.05) is 17.7 Å². The molecule has 1 fully saturated rings. The van der Waals surface area contributed by atoms with Crippen molar-refractivity contribution in [3.05, 3.63) is 100 Å². The number of benzene rings is 2. The van der Waals surface area contributed by atoms with Gasteiger partial charge in [0.05, 0.1) is 6.54 Å². The number of aromatic nitrogens is 2. The van der Waals surface area contributed by atoms with E-state index in [1.165, 1.54) is 4.90 Å². The molecule has 1 saturated heterocycles. The predicted molar refractivity (Wildman–Crippen MR) is 131 cm³/mol. The second-order valence-corrected chi connectivity index (χ2v) is 9.69. The molecule has 5 rings (SSSR count). The van der Waals surface area contributed by atoms with E-state index in [0.717, 1.165) is 31.7 Å². The number of likely N-dealkylation sites (tertiary alicyclic amines) is 1. The average Bonchev–Trinajstić information content (AvgIpc) is 3.57. The summed E-state index contributed by atoms with van der Waals surface area (Å²) in [4.78, 5) is 6.03. The van der Waals surface area contributed by atoms with E-state index in [1.54, 1.807) is 11.3 Å². The van der Waals surface area contributed by atoms with Crippen LogP contribution in [-0.4, -0.2) is 34.4 Å². The minimum Gasteiger partial charge on any atom is -0.483 e. The van der Waals surface area contributed by atoms with Crippen molar-refractivity contribution < 1.29 is 19.3 Å². The van der Waals surface area contributed by atoms with Crippen molar-refractivity contribution in [3.63, 3.8) is 0 Å². The van der Waals surface area contributed by atoms with Crippen LogP contribution in [0.1, 0.15) is 42.6 Å². The Labute approximate surface area is 203 Å². The number of ether oxygens (including phenoxy) is 1. The SMILES string of the molecule is CCC1CC[NH+](Cc2nc(C(O)(c3ccccc3)c3ccccc3)no2)CC1Oc1ccsc1. The molecule has 176 valence electrons. The molecule has 3 heterocycles. The van der Waals surface area contributed by atoms with Crippen LogP contribution in [0.2, 0.25) is 0 Å². The molecule has 0 bridgehead atoms. The van der Waals surface area contributed by atoms with Crippen LogP contribution in [0.3, 0.4) is 0 Å². The fourth-order valence-electron chi connectivity index (χ4n) is 4.86. The van der Waals surface area contributed by atoms with Crippen molar-refractivity contribution in [1.29, 1.82) is 0 Å². The number of nitrogens with one attached hydrogen (secondary N) is 1. The second kappa shape index (κ2) is 10.1. The van der Waals surface area contributed by atoms with Crippen LogP contribution in [0.5, 0.6) is 5.75 Å². The lowest BCUT2D eigenvalue weighted by Gasteiger charge is -2.35. The van der Waals surface area contributed by atoms with Crippen molar-refractivity contribution in [2.24, 2.45) is 5.92 Å². The van der Waals surface area contributed by atoms with E-state index in [-0.39, 0.29) is 11.9 Å². The molecular weight excluding hydrogens is 446 g/mol. The van der Waals surface area contributed by atoms with E-state index in [4.69, 9.17) is 9.26 Å². The molecule has 1 aliphatic heterocycles. The summed E-state index contributed by atoms with van der Waals surface area (Å²) in [5, 5.41) is 20.2. The number of nitrogens with zero attached hydrogens (tertiary/aromatic N) is 2. The van der Waals surface area contributed by atoms with Gasteiger partial charge in [-0.05, 0) is 29.0 Å². The third kappa shape index (κ3) is 4.64. The van der Waals surface area contributed by atoms with Gasteiger partial charge in [0.25, 0.3) is 5.89 Å². The Morgan fingerprint density at radius 2 is 1.79 bits per heavy atom. The highest BCUT2D eigenvalue weighted by Crippen LogP contribution is 2.34. The van der Waals surface area contributed by atoms with Crippen LogP contribution in [0.4, 0.5) is 0 Å². The minimum atomic E-state index is -1.49. The number of hydrogen-bond acceptors (Lipinski definition) is 6. The lowest BCUT2D eigenvalue weighted by molar-refractivity contribution is -0.924. The summed E-state index contributed by atoms with van der Waals surface area (Å²) < 4.78 is 12.0. The fourth-order valence-corrected chi connectivity index (χ4v) is 5.42. The van der Waals surface area contributed by atoms with Crippen LogP contribution in [0.25, 0.3) is 0 Å². The van der Waals surface area contributed by atoms with Crippen molar-refractivity contribution >= 4 is 11.3 Å². The van der Waals surface area contributed by atoms with Crippen LogP contribution in [0.15, 0.2) is 82.0 Å². The van der Waals surface area contributed by atoms with Crippen LogP contribution < -0.4 is 9.64 Å². The van der Waals surface area contributed by atoms with Gasteiger partial charge in [0.15, 0.2) is 18.2 Å². The van der Waals surface area contributed by atoms with Crippen molar-refractivity contribution in [2.75, 3.05) is 13.1 Å². The van der Waals surface area contributed by atoms with Gasteiger partial charge in [-0.25, -0.2) is 0 Å². The molecular formula is C27H30N3O3S+. The number of hydrogen-bond donors (Lipinski definition) is 2. The van der Waals surface area contributed by atoms with Crippen molar-refractivity contribution in [3.8, 4) is 5.75 Å². The summed E-state index contributed by atoms with van der Waals surface area (Å²) in [7, 11) is 0. The molecule has 0 spiro atoms. The smallest absolute Gasteiger partial charge is 0.281 e. The zero-order valence-electron chi connectivity index (χ0n) is 19.3. The molecule has 7 heteroatoms. The molecule has 0 radical (unpaired) electrons. The third-order valence-electron chi connectivity index (χ3n) is 6.77. The molecule has 6 nitrogen and oxygen atoms in total. The van der Waals surface area contributed by atoms with Gasteiger partial charge in [0.1, 0.15) is 12.3 Å². The zero-order valence-corrected chi connectivity index (χ0v) is 20.1. The standard InChI is InChI=1S/C27H29N3O3S/c1-2-20-13-15-30(17-24(20)32-23-14-16-34-19-23)18-25-28-26(29-33-25)27(31,21-9-5-3-6-10-21)22-11-7-4-8-12-22/h3-12,14,16,19-20,24,31H,2,13,15,17-18H2,1H3/p+1. The summed E-state index contributed by atoms with van der Waals surface area (Å²) in [6.45, 7) is 4.75. The molecule has 2 aromatic heterocycles. The first kappa shape index (κ1) is 22.8. The summed E-state index contributed by atoms with van der Waals surface area (Å²) >= 11 is 1.65. The number of quaternary nitrogens is 1. The minimum absolute atomic E-state index is 0.163. The highest BCUT2D eigenvalue weighted by atomic mass is 32.1. The van der Waals surface area contributed by atoms with Gasteiger partial charge in [-0.15, -0.1) is 11.3 Å². The van der Waals surface area contributed by atoms with E-state index < -0.39 is 5.60 Å². The Hall–Kier alpha value is -3.00. The average molecular weight is 477 g/mol. The summed E-state index contributed by atoms with van der Waals surface area (Å²) in [6, 6.07) is 21.0. The molecule has 0 saturated carbocycles. The highest BCUT2D eigenvalue weighted by molar-refractivity contribution is 7.08. The van der Waals surface area contributed by atoms with Crippen molar-refractivity contribution in [2.45, 2.75) is 38.0 Å². The molecule has 2 N–H and O–H groups in total. The van der Waals surface area contributed by atoms with Gasteiger partial charge < -0.3 is 19.3 Å². The topological polar surface area (TPSA) is 72.8 Å². The normalized spacial score (nSPS) is 20.8. The molecule has 3 atom stereocenters. The fraction of sp³-hybridized carbons (Fsp3) is 0.333. The van der Waals surface area contributed by atoms with E-state index in [0.29, 0.717) is 29.5 Å². The number of piperidine rings is 1. The van der Waals surface area contributed by atoms with Crippen LogP contribution in [0, 0.1) is 5.92 Å². The summed E-state index contributed by atoms with van der Waals surface area (Å²) in [5.41, 5.74) is -0.0814. The van der Waals surface area contributed by atoms with E-state index in [1.807, 2.05) is 72.1 Å². The zero-order chi connectivity index (χ0) is 23.4. The monoisotopic (exact) mass is 476 g/mol. The van der Waals surface area contributed by atoms with E-state index >= 15 is 0 Å². The number of rotatable bonds is 8. The van der Waals surface area contributed by atoms with Crippen LogP contribution in [-0.2, 0) is 12.1 Å². The lowest BCUT2D eigenvalue weighted by Crippen LogP contribution is -3.13. The molecule has 0 aliphatic carbocycles. The molecule has 2 aromatic carbocycles. The number of aliphatic hydroxyl groups is 1.